The lowest BCUT2D eigenvalue weighted by Gasteiger charge is -2.31. The number of rotatable bonds is 0. The van der Waals surface area contributed by atoms with Gasteiger partial charge in [-0.25, -0.2) is 8.42 Å². The minimum Gasteiger partial charge on any atom is -0.229 e. The Morgan fingerprint density at radius 1 is 1.44 bits per heavy atom. The van der Waals surface area contributed by atoms with Crippen LogP contribution in [0.4, 0.5) is 0 Å². The zero-order valence-corrected chi connectivity index (χ0v) is 6.24. The highest BCUT2D eigenvalue weighted by molar-refractivity contribution is 7.92. The van der Waals surface area contributed by atoms with Crippen molar-refractivity contribution in [2.24, 2.45) is 5.41 Å². The second kappa shape index (κ2) is 1.19. The van der Waals surface area contributed by atoms with Crippen molar-refractivity contribution < 1.29 is 8.42 Å². The monoisotopic (exact) mass is 146 g/mol. The molecule has 0 atom stereocenters. The van der Waals surface area contributed by atoms with Crippen molar-refractivity contribution in [3.63, 3.8) is 0 Å². The van der Waals surface area contributed by atoms with E-state index in [9.17, 15) is 8.42 Å². The van der Waals surface area contributed by atoms with Gasteiger partial charge in [0.05, 0.1) is 11.0 Å². The number of sulfone groups is 1. The van der Waals surface area contributed by atoms with Crippen molar-refractivity contribution >= 4 is 9.84 Å². The van der Waals surface area contributed by atoms with Gasteiger partial charge in [0.2, 0.25) is 0 Å². The molecule has 2 saturated heterocycles. The van der Waals surface area contributed by atoms with E-state index in [0.717, 1.165) is 12.8 Å². The SMILES string of the molecule is CC12CC(C1)S(=O)(=O)C2. The maximum Gasteiger partial charge on any atom is 0.153 e. The third kappa shape index (κ3) is 0.584. The first-order valence-corrected chi connectivity index (χ1v) is 4.95. The van der Waals surface area contributed by atoms with Gasteiger partial charge in [-0.3, -0.25) is 0 Å². The summed E-state index contributed by atoms with van der Waals surface area (Å²) in [4.78, 5) is 0. The molecule has 3 rings (SSSR count). The minimum absolute atomic E-state index is 0.0440. The molecule has 0 aromatic heterocycles. The van der Waals surface area contributed by atoms with Crippen molar-refractivity contribution in [2.45, 2.75) is 25.0 Å². The highest BCUT2D eigenvalue weighted by Gasteiger charge is 2.56. The Bertz CT molecular complexity index is 234. The quantitative estimate of drug-likeness (QED) is 0.501. The molecule has 2 heterocycles. The molecule has 9 heavy (non-hydrogen) atoms. The van der Waals surface area contributed by atoms with Crippen LogP contribution in [0.5, 0.6) is 0 Å². The van der Waals surface area contributed by atoms with E-state index in [4.69, 9.17) is 0 Å². The van der Waals surface area contributed by atoms with E-state index in [0.29, 0.717) is 5.75 Å². The van der Waals surface area contributed by atoms with Gasteiger partial charge in [0.15, 0.2) is 9.84 Å². The summed E-state index contributed by atoms with van der Waals surface area (Å²) in [6.07, 6.45) is 1.85. The van der Waals surface area contributed by atoms with Crippen LogP contribution < -0.4 is 0 Å². The first-order chi connectivity index (χ1) is 4.02. The molecule has 2 nitrogen and oxygen atoms in total. The molecule has 2 aliphatic heterocycles. The summed E-state index contributed by atoms with van der Waals surface area (Å²) in [7, 11) is -2.61. The van der Waals surface area contributed by atoms with Crippen LogP contribution in [-0.2, 0) is 9.84 Å². The van der Waals surface area contributed by atoms with Crippen molar-refractivity contribution in [1.82, 2.24) is 0 Å². The Kier molecular flexibility index (Phi) is 0.757. The van der Waals surface area contributed by atoms with Crippen molar-refractivity contribution in [2.75, 3.05) is 5.75 Å². The lowest BCUT2D eigenvalue weighted by atomic mass is 9.72. The Labute approximate surface area is 55.2 Å². The van der Waals surface area contributed by atoms with E-state index >= 15 is 0 Å². The lowest BCUT2D eigenvalue weighted by Crippen LogP contribution is -2.29. The lowest BCUT2D eigenvalue weighted by molar-refractivity contribution is 0.233. The van der Waals surface area contributed by atoms with Crippen molar-refractivity contribution in [3.05, 3.63) is 0 Å². The Hall–Kier alpha value is -0.0500. The molecule has 2 bridgehead atoms. The van der Waals surface area contributed by atoms with E-state index in [1.807, 2.05) is 0 Å². The number of fused-ring (bicyclic) bond motifs is 1. The van der Waals surface area contributed by atoms with Crippen LogP contribution >= 0.6 is 0 Å². The van der Waals surface area contributed by atoms with Gasteiger partial charge in [0, 0.05) is 0 Å². The molecular formula is C6H10O2S. The minimum atomic E-state index is -2.61. The zero-order chi connectivity index (χ0) is 6.70. The van der Waals surface area contributed by atoms with Gasteiger partial charge in [-0.1, -0.05) is 6.92 Å². The van der Waals surface area contributed by atoms with Gasteiger partial charge < -0.3 is 0 Å². The van der Waals surface area contributed by atoms with Gasteiger partial charge in [0.1, 0.15) is 0 Å². The maximum absolute atomic E-state index is 11.0. The van der Waals surface area contributed by atoms with Crippen LogP contribution in [-0.4, -0.2) is 19.4 Å². The predicted octanol–water partition coefficient (Wildman–Crippen LogP) is 0.584. The summed E-state index contributed by atoms with van der Waals surface area (Å²) in [6, 6.07) is 0. The van der Waals surface area contributed by atoms with Crippen LogP contribution in [0.25, 0.3) is 0 Å². The summed E-state index contributed by atoms with van der Waals surface area (Å²) in [5.74, 6) is 0.449. The Balaban J connectivity index is 2.44. The third-order valence-electron chi connectivity index (χ3n) is 2.50. The summed E-state index contributed by atoms with van der Waals surface area (Å²) in [5.41, 5.74) is 0.184. The molecule has 3 heteroatoms. The average Bonchev–Trinajstić information content (AvgIpc) is 1.83. The summed E-state index contributed by atoms with van der Waals surface area (Å²) >= 11 is 0. The van der Waals surface area contributed by atoms with Gasteiger partial charge in [-0.2, -0.15) is 0 Å². The molecule has 0 amide bonds. The van der Waals surface area contributed by atoms with Gasteiger partial charge >= 0.3 is 0 Å². The molecule has 0 radical (unpaired) electrons. The summed E-state index contributed by atoms with van der Waals surface area (Å²) in [6.45, 7) is 2.06. The first-order valence-electron chi connectivity index (χ1n) is 3.23. The standard InChI is InChI=1S/C6H10O2S/c1-6-2-5(3-6)9(7,8)4-6/h5H,2-4H2,1H3. The molecular weight excluding hydrogens is 136 g/mol. The second-order valence-electron chi connectivity index (χ2n) is 3.65. The van der Waals surface area contributed by atoms with Gasteiger partial charge in [0.25, 0.3) is 0 Å². The normalized spacial score (nSPS) is 52.8. The Morgan fingerprint density at radius 2 is 2.00 bits per heavy atom. The fourth-order valence-corrected chi connectivity index (χ4v) is 4.77. The highest BCUT2D eigenvalue weighted by Crippen LogP contribution is 2.53. The second-order valence-corrected chi connectivity index (χ2v) is 5.93. The van der Waals surface area contributed by atoms with Crippen LogP contribution in [0.3, 0.4) is 0 Å². The van der Waals surface area contributed by atoms with Crippen molar-refractivity contribution in [1.29, 1.82) is 0 Å². The molecule has 1 saturated carbocycles. The topological polar surface area (TPSA) is 34.1 Å². The molecule has 1 aliphatic carbocycles. The fourth-order valence-electron chi connectivity index (χ4n) is 2.01. The smallest absolute Gasteiger partial charge is 0.153 e. The fraction of sp³-hybridized carbons (Fsp3) is 1.00. The Morgan fingerprint density at radius 3 is 2.11 bits per heavy atom. The van der Waals surface area contributed by atoms with E-state index in [2.05, 4.69) is 6.92 Å². The van der Waals surface area contributed by atoms with E-state index < -0.39 is 9.84 Å². The largest absolute Gasteiger partial charge is 0.229 e. The molecule has 3 fully saturated rings. The molecule has 0 aromatic rings. The maximum atomic E-state index is 11.0. The number of hydrogen-bond donors (Lipinski definition) is 0. The summed E-state index contributed by atoms with van der Waals surface area (Å²) < 4.78 is 22.0. The molecule has 0 unspecified atom stereocenters. The van der Waals surface area contributed by atoms with Crippen LogP contribution in [0.1, 0.15) is 19.8 Å². The molecule has 52 valence electrons. The predicted molar refractivity (Wildman–Crippen MR) is 34.9 cm³/mol. The first kappa shape index (κ1) is 5.71. The van der Waals surface area contributed by atoms with Gasteiger partial charge in [-0.15, -0.1) is 0 Å². The van der Waals surface area contributed by atoms with E-state index in [1.54, 1.807) is 0 Å². The van der Waals surface area contributed by atoms with Crippen molar-refractivity contribution in [3.8, 4) is 0 Å². The van der Waals surface area contributed by atoms with Crippen LogP contribution in [0, 0.1) is 5.41 Å². The van der Waals surface area contributed by atoms with E-state index in [1.165, 1.54) is 0 Å². The van der Waals surface area contributed by atoms with Crippen LogP contribution in [0.15, 0.2) is 0 Å². The average molecular weight is 146 g/mol. The molecule has 0 N–H and O–H groups in total. The van der Waals surface area contributed by atoms with Crippen LogP contribution in [0.2, 0.25) is 0 Å². The molecule has 0 spiro atoms. The third-order valence-corrected chi connectivity index (χ3v) is 4.95. The molecule has 0 aromatic carbocycles. The number of hydrogen-bond acceptors (Lipinski definition) is 2. The van der Waals surface area contributed by atoms with E-state index in [-0.39, 0.29) is 10.7 Å². The highest BCUT2D eigenvalue weighted by atomic mass is 32.2. The summed E-state index contributed by atoms with van der Waals surface area (Å²) in [5, 5.41) is 0.0440. The zero-order valence-electron chi connectivity index (χ0n) is 5.42. The van der Waals surface area contributed by atoms with Gasteiger partial charge in [-0.05, 0) is 18.3 Å². The molecule has 3 aliphatic rings.